The zero-order chi connectivity index (χ0) is 9.97. The van der Waals surface area contributed by atoms with E-state index in [1.165, 1.54) is 5.56 Å². The Hall–Kier alpha value is -1.57. The molecule has 1 heterocycles. The van der Waals surface area contributed by atoms with Gasteiger partial charge in [0, 0.05) is 11.6 Å². The fraction of sp³-hybridized carbons (Fsp3) is 0.250. The number of hydrogen-bond acceptors (Lipinski definition) is 1. The monoisotopic (exact) mass is 186 g/mol. The maximum absolute atomic E-state index is 4.27. The van der Waals surface area contributed by atoms with Gasteiger partial charge < -0.3 is 0 Å². The van der Waals surface area contributed by atoms with Crippen molar-refractivity contribution < 1.29 is 0 Å². The minimum absolute atomic E-state index is 0.362. The standard InChI is InChI=1S/C12H14N2/c1-9-8-12(14-13-9)10(2)11-6-4-3-5-7-11/h3-8,10H,1-2H3,(H,13,14). The molecule has 0 radical (unpaired) electrons. The number of aromatic amines is 1. The number of rotatable bonds is 2. The normalized spacial score (nSPS) is 12.7. The van der Waals surface area contributed by atoms with Gasteiger partial charge in [-0.1, -0.05) is 37.3 Å². The van der Waals surface area contributed by atoms with Crippen molar-refractivity contribution in [3.05, 3.63) is 53.3 Å². The van der Waals surface area contributed by atoms with E-state index < -0.39 is 0 Å². The lowest BCUT2D eigenvalue weighted by molar-refractivity contribution is 0.852. The number of hydrogen-bond donors (Lipinski definition) is 1. The predicted molar refractivity (Wildman–Crippen MR) is 57.3 cm³/mol. The van der Waals surface area contributed by atoms with Gasteiger partial charge in [0.2, 0.25) is 0 Å². The van der Waals surface area contributed by atoms with E-state index in [9.17, 15) is 0 Å². The second-order valence-corrected chi connectivity index (χ2v) is 3.61. The third-order valence-corrected chi connectivity index (χ3v) is 2.47. The van der Waals surface area contributed by atoms with E-state index in [1.54, 1.807) is 0 Å². The molecule has 1 unspecified atom stereocenters. The molecular weight excluding hydrogens is 172 g/mol. The molecule has 0 aliphatic rings. The van der Waals surface area contributed by atoms with Crippen molar-refractivity contribution >= 4 is 0 Å². The minimum atomic E-state index is 0.362. The smallest absolute Gasteiger partial charge is 0.0696 e. The highest BCUT2D eigenvalue weighted by molar-refractivity contribution is 5.27. The van der Waals surface area contributed by atoms with E-state index in [0.717, 1.165) is 11.4 Å². The van der Waals surface area contributed by atoms with Crippen LogP contribution in [0.5, 0.6) is 0 Å². The van der Waals surface area contributed by atoms with Crippen molar-refractivity contribution in [2.75, 3.05) is 0 Å². The molecule has 0 aliphatic carbocycles. The molecule has 1 aromatic heterocycles. The fourth-order valence-electron chi connectivity index (χ4n) is 1.57. The van der Waals surface area contributed by atoms with Gasteiger partial charge in [0.15, 0.2) is 0 Å². The molecular formula is C12H14N2. The maximum Gasteiger partial charge on any atom is 0.0696 e. The van der Waals surface area contributed by atoms with Crippen LogP contribution in [0.2, 0.25) is 0 Å². The average Bonchev–Trinajstić information content (AvgIpc) is 2.65. The molecule has 2 nitrogen and oxygen atoms in total. The molecule has 2 rings (SSSR count). The van der Waals surface area contributed by atoms with Crippen LogP contribution in [0.1, 0.15) is 29.8 Å². The molecule has 1 N–H and O–H groups in total. The molecule has 1 atom stereocenters. The number of benzene rings is 1. The van der Waals surface area contributed by atoms with Crippen molar-refractivity contribution in [3.63, 3.8) is 0 Å². The van der Waals surface area contributed by atoms with Gasteiger partial charge in [-0.2, -0.15) is 5.10 Å². The molecule has 0 spiro atoms. The summed E-state index contributed by atoms with van der Waals surface area (Å²) in [5, 5.41) is 7.24. The Labute approximate surface area is 84.0 Å². The summed E-state index contributed by atoms with van der Waals surface area (Å²) in [6.07, 6.45) is 0. The maximum atomic E-state index is 4.27. The van der Waals surface area contributed by atoms with Gasteiger partial charge in [-0.25, -0.2) is 0 Å². The van der Waals surface area contributed by atoms with E-state index in [4.69, 9.17) is 0 Å². The van der Waals surface area contributed by atoms with Crippen LogP contribution in [-0.2, 0) is 0 Å². The van der Waals surface area contributed by atoms with Crippen LogP contribution in [0.4, 0.5) is 0 Å². The lowest BCUT2D eigenvalue weighted by Crippen LogP contribution is -1.95. The van der Waals surface area contributed by atoms with Gasteiger partial charge in [0.05, 0.1) is 5.69 Å². The SMILES string of the molecule is Cc1cc(C(C)c2ccccc2)n[nH]1. The van der Waals surface area contributed by atoms with Crippen LogP contribution in [-0.4, -0.2) is 10.2 Å². The van der Waals surface area contributed by atoms with Gasteiger partial charge in [-0.15, -0.1) is 0 Å². The van der Waals surface area contributed by atoms with Gasteiger partial charge in [-0.05, 0) is 18.6 Å². The second-order valence-electron chi connectivity index (χ2n) is 3.61. The van der Waals surface area contributed by atoms with Crippen LogP contribution in [0.15, 0.2) is 36.4 Å². The summed E-state index contributed by atoms with van der Waals surface area (Å²) in [6.45, 7) is 4.19. The second kappa shape index (κ2) is 3.66. The van der Waals surface area contributed by atoms with Crippen molar-refractivity contribution in [1.29, 1.82) is 0 Å². The van der Waals surface area contributed by atoms with Crippen LogP contribution in [0.25, 0.3) is 0 Å². The first kappa shape index (κ1) is 9.00. The molecule has 14 heavy (non-hydrogen) atoms. The Kier molecular flexibility index (Phi) is 2.35. The summed E-state index contributed by atoms with van der Waals surface area (Å²) in [6, 6.07) is 12.5. The molecule has 0 saturated heterocycles. The predicted octanol–water partition coefficient (Wildman–Crippen LogP) is 2.87. The first-order valence-corrected chi connectivity index (χ1v) is 4.84. The summed E-state index contributed by atoms with van der Waals surface area (Å²) in [5.74, 6) is 0.362. The summed E-state index contributed by atoms with van der Waals surface area (Å²) >= 11 is 0. The Morgan fingerprint density at radius 3 is 2.50 bits per heavy atom. The van der Waals surface area contributed by atoms with E-state index >= 15 is 0 Å². The van der Waals surface area contributed by atoms with E-state index in [0.29, 0.717) is 5.92 Å². The molecule has 0 bridgehead atoms. The largest absolute Gasteiger partial charge is 0.283 e. The topological polar surface area (TPSA) is 28.7 Å². The van der Waals surface area contributed by atoms with E-state index in [2.05, 4.69) is 47.5 Å². The summed E-state index contributed by atoms with van der Waals surface area (Å²) in [7, 11) is 0. The highest BCUT2D eigenvalue weighted by Gasteiger charge is 2.10. The summed E-state index contributed by atoms with van der Waals surface area (Å²) < 4.78 is 0. The lowest BCUT2D eigenvalue weighted by atomic mass is 9.98. The molecule has 2 aromatic rings. The van der Waals surface area contributed by atoms with Gasteiger partial charge >= 0.3 is 0 Å². The van der Waals surface area contributed by atoms with Crippen LogP contribution in [0.3, 0.4) is 0 Å². The molecule has 0 aliphatic heterocycles. The highest BCUT2D eigenvalue weighted by atomic mass is 15.1. The van der Waals surface area contributed by atoms with Crippen LogP contribution >= 0.6 is 0 Å². The quantitative estimate of drug-likeness (QED) is 0.767. The van der Waals surface area contributed by atoms with Crippen molar-refractivity contribution in [1.82, 2.24) is 10.2 Å². The molecule has 72 valence electrons. The summed E-state index contributed by atoms with van der Waals surface area (Å²) in [5.41, 5.74) is 3.52. The number of H-pyrrole nitrogens is 1. The van der Waals surface area contributed by atoms with E-state index in [1.807, 2.05) is 13.0 Å². The molecule has 0 saturated carbocycles. The van der Waals surface area contributed by atoms with Crippen LogP contribution < -0.4 is 0 Å². The third-order valence-electron chi connectivity index (χ3n) is 2.47. The van der Waals surface area contributed by atoms with E-state index in [-0.39, 0.29) is 0 Å². The Bertz CT molecular complexity index is 403. The zero-order valence-electron chi connectivity index (χ0n) is 8.49. The first-order valence-electron chi connectivity index (χ1n) is 4.84. The number of nitrogens with zero attached hydrogens (tertiary/aromatic N) is 1. The van der Waals surface area contributed by atoms with Gasteiger partial charge in [0.1, 0.15) is 0 Å². The Morgan fingerprint density at radius 1 is 1.21 bits per heavy atom. The molecule has 0 fully saturated rings. The van der Waals surface area contributed by atoms with Crippen molar-refractivity contribution in [2.45, 2.75) is 19.8 Å². The fourth-order valence-corrected chi connectivity index (χ4v) is 1.57. The highest BCUT2D eigenvalue weighted by Crippen LogP contribution is 2.21. The van der Waals surface area contributed by atoms with Gasteiger partial charge in [-0.3, -0.25) is 5.10 Å². The van der Waals surface area contributed by atoms with Crippen molar-refractivity contribution in [3.8, 4) is 0 Å². The molecule has 1 aromatic carbocycles. The molecule has 0 amide bonds. The van der Waals surface area contributed by atoms with Crippen LogP contribution in [0, 0.1) is 6.92 Å². The third kappa shape index (κ3) is 1.69. The van der Waals surface area contributed by atoms with Crippen molar-refractivity contribution in [2.24, 2.45) is 0 Å². The van der Waals surface area contributed by atoms with Gasteiger partial charge in [0.25, 0.3) is 0 Å². The Morgan fingerprint density at radius 2 is 1.93 bits per heavy atom. The molecule has 2 heteroatoms. The summed E-state index contributed by atoms with van der Waals surface area (Å²) in [4.78, 5) is 0. The lowest BCUT2D eigenvalue weighted by Gasteiger charge is -2.07. The Balaban J connectivity index is 2.29. The minimum Gasteiger partial charge on any atom is -0.283 e. The number of aryl methyl sites for hydroxylation is 1. The zero-order valence-corrected chi connectivity index (χ0v) is 8.49. The average molecular weight is 186 g/mol. The number of aromatic nitrogens is 2. The first-order chi connectivity index (χ1) is 6.77. The number of nitrogens with one attached hydrogen (secondary N) is 1.